The molecule has 0 heterocycles. The normalized spacial score (nSPS) is 18.1. The van der Waals surface area contributed by atoms with Crippen LogP contribution in [0.2, 0.25) is 5.02 Å². The molecule has 4 heteroatoms. The van der Waals surface area contributed by atoms with E-state index in [1.165, 1.54) is 11.6 Å². The van der Waals surface area contributed by atoms with E-state index in [9.17, 15) is 0 Å². The molecule has 0 fully saturated rings. The van der Waals surface area contributed by atoms with Crippen LogP contribution in [0.25, 0.3) is 16.8 Å². The summed E-state index contributed by atoms with van der Waals surface area (Å²) in [5, 5.41) is -0.0428. The summed E-state index contributed by atoms with van der Waals surface area (Å²) >= 11 is 6.57. The molecular formula is C28H28ClF2N. The molecule has 1 aliphatic carbocycles. The van der Waals surface area contributed by atoms with Crippen molar-refractivity contribution in [1.29, 1.82) is 0 Å². The second-order valence-corrected chi connectivity index (χ2v) is 9.30. The van der Waals surface area contributed by atoms with Gasteiger partial charge in [0.05, 0.1) is 5.02 Å². The SMILES string of the molecule is C/C=C(\N)c1ccc(CCC)c(F)c1-c1c(Cl)c(F)cc2c1CC(C)(c1ccccc1)C2. The Morgan fingerprint density at radius 1 is 1.09 bits per heavy atom. The molecule has 166 valence electrons. The van der Waals surface area contributed by atoms with Gasteiger partial charge in [0.1, 0.15) is 11.6 Å². The molecule has 0 spiro atoms. The zero-order valence-electron chi connectivity index (χ0n) is 18.7. The molecule has 4 rings (SSSR count). The van der Waals surface area contributed by atoms with E-state index in [2.05, 4.69) is 19.1 Å². The quantitative estimate of drug-likeness (QED) is 0.424. The van der Waals surface area contributed by atoms with Crippen molar-refractivity contribution in [2.75, 3.05) is 0 Å². The zero-order chi connectivity index (χ0) is 23.0. The largest absolute Gasteiger partial charge is 0.398 e. The zero-order valence-corrected chi connectivity index (χ0v) is 19.5. The highest BCUT2D eigenvalue weighted by molar-refractivity contribution is 6.34. The molecule has 1 aliphatic rings. The highest BCUT2D eigenvalue weighted by Crippen LogP contribution is 2.48. The Morgan fingerprint density at radius 3 is 2.47 bits per heavy atom. The lowest BCUT2D eigenvalue weighted by Gasteiger charge is -2.24. The molecule has 32 heavy (non-hydrogen) atoms. The summed E-state index contributed by atoms with van der Waals surface area (Å²) in [6.45, 7) is 5.98. The Labute approximate surface area is 193 Å². The lowest BCUT2D eigenvalue weighted by atomic mass is 9.79. The molecule has 2 N–H and O–H groups in total. The van der Waals surface area contributed by atoms with Crippen molar-refractivity contribution >= 4 is 17.3 Å². The highest BCUT2D eigenvalue weighted by atomic mass is 35.5. The molecule has 0 saturated heterocycles. The van der Waals surface area contributed by atoms with Crippen LogP contribution in [0.4, 0.5) is 8.78 Å². The first-order chi connectivity index (χ1) is 15.3. The van der Waals surface area contributed by atoms with Gasteiger partial charge < -0.3 is 5.73 Å². The van der Waals surface area contributed by atoms with E-state index in [-0.39, 0.29) is 16.3 Å². The highest BCUT2D eigenvalue weighted by Gasteiger charge is 2.38. The maximum absolute atomic E-state index is 15.9. The first kappa shape index (κ1) is 22.5. The standard InChI is InChI=1S/C28H28ClF2N/c1-4-9-17-12-13-20(23(32)5-2)25(27(17)31)24-21-16-28(3,19-10-7-6-8-11-19)15-18(21)14-22(30)26(24)29/h5-8,10-14H,4,9,15-16,32H2,1-3H3/b23-5-. The van der Waals surface area contributed by atoms with Gasteiger partial charge in [-0.05, 0) is 54.5 Å². The van der Waals surface area contributed by atoms with Crippen molar-refractivity contribution in [3.8, 4) is 11.1 Å². The van der Waals surface area contributed by atoms with Crippen molar-refractivity contribution in [3.63, 3.8) is 0 Å². The van der Waals surface area contributed by atoms with Crippen LogP contribution >= 0.6 is 11.6 Å². The number of hydrogen-bond acceptors (Lipinski definition) is 1. The van der Waals surface area contributed by atoms with Crippen molar-refractivity contribution < 1.29 is 8.78 Å². The molecule has 3 aromatic carbocycles. The topological polar surface area (TPSA) is 26.0 Å². The Hall–Kier alpha value is -2.65. The second kappa shape index (κ2) is 8.71. The summed E-state index contributed by atoms with van der Waals surface area (Å²) < 4.78 is 31.0. The van der Waals surface area contributed by atoms with Gasteiger partial charge >= 0.3 is 0 Å². The van der Waals surface area contributed by atoms with Gasteiger partial charge in [-0.2, -0.15) is 0 Å². The maximum Gasteiger partial charge on any atom is 0.142 e. The fourth-order valence-corrected chi connectivity index (χ4v) is 5.24. The van der Waals surface area contributed by atoms with E-state index in [1.807, 2.05) is 31.2 Å². The predicted octanol–water partition coefficient (Wildman–Crippen LogP) is 7.61. The average Bonchev–Trinajstić information content (AvgIpc) is 3.13. The lowest BCUT2D eigenvalue weighted by molar-refractivity contribution is 0.503. The Morgan fingerprint density at radius 2 is 1.81 bits per heavy atom. The molecule has 1 nitrogen and oxygen atoms in total. The van der Waals surface area contributed by atoms with Crippen LogP contribution in [-0.4, -0.2) is 0 Å². The minimum absolute atomic E-state index is 0.0428. The number of fused-ring (bicyclic) bond motifs is 1. The van der Waals surface area contributed by atoms with Crippen LogP contribution in [0, 0.1) is 11.6 Å². The van der Waals surface area contributed by atoms with Crippen molar-refractivity contribution in [2.45, 2.75) is 51.9 Å². The maximum atomic E-state index is 15.9. The lowest BCUT2D eigenvalue weighted by Crippen LogP contribution is -2.22. The van der Waals surface area contributed by atoms with Gasteiger partial charge in [-0.1, -0.05) is 80.4 Å². The second-order valence-electron chi connectivity index (χ2n) is 8.92. The van der Waals surface area contributed by atoms with Gasteiger partial charge in [-0.3, -0.25) is 0 Å². The molecule has 0 aromatic heterocycles. The van der Waals surface area contributed by atoms with Gasteiger partial charge in [0.2, 0.25) is 0 Å². The van der Waals surface area contributed by atoms with Crippen LogP contribution in [0.3, 0.4) is 0 Å². The van der Waals surface area contributed by atoms with Crippen LogP contribution in [-0.2, 0) is 24.7 Å². The van der Waals surface area contributed by atoms with Gasteiger partial charge in [-0.15, -0.1) is 0 Å². The van der Waals surface area contributed by atoms with E-state index in [0.717, 1.165) is 17.5 Å². The third kappa shape index (κ3) is 3.73. The molecule has 0 aliphatic heterocycles. The van der Waals surface area contributed by atoms with Crippen LogP contribution in [0.1, 0.15) is 55.0 Å². The molecule has 0 saturated carbocycles. The van der Waals surface area contributed by atoms with Crippen LogP contribution < -0.4 is 5.73 Å². The van der Waals surface area contributed by atoms with E-state index < -0.39 is 5.82 Å². The third-order valence-corrected chi connectivity index (χ3v) is 7.02. The summed E-state index contributed by atoms with van der Waals surface area (Å²) in [5.41, 5.74) is 11.3. The summed E-state index contributed by atoms with van der Waals surface area (Å²) in [7, 11) is 0. The number of aryl methyl sites for hydroxylation is 1. The number of nitrogens with two attached hydrogens (primary N) is 1. The Bertz CT molecular complexity index is 1200. The van der Waals surface area contributed by atoms with E-state index in [1.54, 1.807) is 19.1 Å². The molecule has 3 aromatic rings. The Kier molecular flexibility index (Phi) is 6.13. The van der Waals surface area contributed by atoms with Gasteiger partial charge in [0.15, 0.2) is 0 Å². The number of rotatable bonds is 5. The fraction of sp³-hybridized carbons (Fsp3) is 0.286. The summed E-state index contributed by atoms with van der Waals surface area (Å²) in [6, 6.07) is 15.3. The predicted molar refractivity (Wildman–Crippen MR) is 130 cm³/mol. The molecule has 1 atom stereocenters. The number of allylic oxidation sites excluding steroid dienone is 1. The van der Waals surface area contributed by atoms with E-state index in [4.69, 9.17) is 17.3 Å². The summed E-state index contributed by atoms with van der Waals surface area (Å²) in [6.07, 6.45) is 4.44. The van der Waals surface area contributed by atoms with Crippen molar-refractivity contribution in [2.24, 2.45) is 5.73 Å². The van der Waals surface area contributed by atoms with E-state index >= 15 is 8.78 Å². The summed E-state index contributed by atoms with van der Waals surface area (Å²) in [5.74, 6) is -0.889. The number of benzene rings is 3. The number of hydrogen-bond donors (Lipinski definition) is 1. The molecule has 0 radical (unpaired) electrons. The summed E-state index contributed by atoms with van der Waals surface area (Å²) in [4.78, 5) is 0. The first-order valence-corrected chi connectivity index (χ1v) is 11.5. The smallest absolute Gasteiger partial charge is 0.142 e. The monoisotopic (exact) mass is 451 g/mol. The molecule has 0 amide bonds. The van der Waals surface area contributed by atoms with Gasteiger partial charge in [0.25, 0.3) is 0 Å². The minimum Gasteiger partial charge on any atom is -0.398 e. The molecule has 1 unspecified atom stereocenters. The fourth-order valence-electron chi connectivity index (χ4n) is 4.98. The molecular weight excluding hydrogens is 424 g/mol. The van der Waals surface area contributed by atoms with Crippen molar-refractivity contribution in [1.82, 2.24) is 0 Å². The van der Waals surface area contributed by atoms with E-state index in [0.29, 0.717) is 47.2 Å². The minimum atomic E-state index is -0.525. The Balaban J connectivity index is 1.99. The average molecular weight is 452 g/mol. The number of halogens is 3. The van der Waals surface area contributed by atoms with Crippen LogP contribution in [0.5, 0.6) is 0 Å². The third-order valence-electron chi connectivity index (χ3n) is 6.65. The van der Waals surface area contributed by atoms with Crippen molar-refractivity contribution in [3.05, 3.63) is 99.1 Å². The molecule has 0 bridgehead atoms. The van der Waals surface area contributed by atoms with Gasteiger partial charge in [0, 0.05) is 27.8 Å². The first-order valence-electron chi connectivity index (χ1n) is 11.1. The van der Waals surface area contributed by atoms with Crippen LogP contribution in [0.15, 0.2) is 54.6 Å². The van der Waals surface area contributed by atoms with Gasteiger partial charge in [-0.25, -0.2) is 8.78 Å².